The zero-order chi connectivity index (χ0) is 14.0. The zero-order valence-electron chi connectivity index (χ0n) is 10.7. The maximum atomic E-state index is 11.8. The van der Waals surface area contributed by atoms with Gasteiger partial charge in [0.15, 0.2) is 21.3 Å². The fourth-order valence-electron chi connectivity index (χ4n) is 1.56. The van der Waals surface area contributed by atoms with Crippen LogP contribution in [0.5, 0.6) is 11.5 Å². The minimum absolute atomic E-state index is 0.449. The molecule has 0 spiro atoms. The van der Waals surface area contributed by atoms with Crippen LogP contribution in [0.4, 0.5) is 5.69 Å². The van der Waals surface area contributed by atoms with Crippen LogP contribution >= 0.6 is 0 Å². The lowest BCUT2D eigenvalue weighted by Crippen LogP contribution is -2.31. The molecule has 2 rings (SSSR count). The van der Waals surface area contributed by atoms with Crippen LogP contribution < -0.4 is 14.8 Å². The first-order valence-electron chi connectivity index (χ1n) is 5.77. The van der Waals surface area contributed by atoms with Gasteiger partial charge in [-0.15, -0.1) is 0 Å². The summed E-state index contributed by atoms with van der Waals surface area (Å²) in [6.45, 7) is 2.29. The molecule has 19 heavy (non-hydrogen) atoms. The van der Waals surface area contributed by atoms with E-state index in [-0.39, 0.29) is 0 Å². The largest absolute Gasteiger partial charge is 0.486 e. The highest BCUT2D eigenvalue weighted by atomic mass is 32.2. The van der Waals surface area contributed by atoms with Crippen molar-refractivity contribution < 1.29 is 22.7 Å². The first kappa shape index (κ1) is 13.7. The summed E-state index contributed by atoms with van der Waals surface area (Å²) in [5, 5.41) is 1.45. The lowest BCUT2D eigenvalue weighted by atomic mass is 10.2. The number of amides is 1. The summed E-state index contributed by atoms with van der Waals surface area (Å²) in [4.78, 5) is 11.8. The minimum Gasteiger partial charge on any atom is -0.486 e. The molecule has 6 nitrogen and oxygen atoms in total. The van der Waals surface area contributed by atoms with E-state index in [0.717, 1.165) is 6.26 Å². The second-order valence-electron chi connectivity index (χ2n) is 4.32. The zero-order valence-corrected chi connectivity index (χ0v) is 11.5. The quantitative estimate of drug-likeness (QED) is 0.889. The molecule has 0 saturated carbocycles. The summed E-state index contributed by atoms with van der Waals surface area (Å²) in [5.74, 6) is 0.579. The molecule has 1 heterocycles. The summed E-state index contributed by atoms with van der Waals surface area (Å²) in [5.41, 5.74) is 0.477. The highest BCUT2D eigenvalue weighted by Crippen LogP contribution is 2.32. The third-order valence-corrected chi connectivity index (χ3v) is 4.32. The molecule has 0 bridgehead atoms. The van der Waals surface area contributed by atoms with Gasteiger partial charge in [0, 0.05) is 18.0 Å². The second-order valence-corrected chi connectivity index (χ2v) is 6.69. The van der Waals surface area contributed by atoms with Gasteiger partial charge in [0.2, 0.25) is 5.91 Å². The molecular weight excluding hydrogens is 270 g/mol. The van der Waals surface area contributed by atoms with Gasteiger partial charge in [-0.1, -0.05) is 0 Å². The number of fused-ring (bicyclic) bond motifs is 1. The minimum atomic E-state index is -3.41. The van der Waals surface area contributed by atoms with E-state index in [1.54, 1.807) is 18.2 Å². The van der Waals surface area contributed by atoms with Crippen LogP contribution in [-0.4, -0.2) is 39.0 Å². The average molecular weight is 285 g/mol. The molecular formula is C12H15NO5S. The Morgan fingerprint density at radius 2 is 1.89 bits per heavy atom. The van der Waals surface area contributed by atoms with Crippen molar-refractivity contribution in [1.82, 2.24) is 0 Å². The molecule has 1 aliphatic rings. The molecule has 1 amide bonds. The van der Waals surface area contributed by atoms with Gasteiger partial charge in [-0.3, -0.25) is 4.79 Å². The van der Waals surface area contributed by atoms with Gasteiger partial charge >= 0.3 is 0 Å². The van der Waals surface area contributed by atoms with Gasteiger partial charge in [0.1, 0.15) is 18.5 Å². The molecule has 0 saturated heterocycles. The molecule has 1 N–H and O–H groups in total. The number of hydrogen-bond donors (Lipinski definition) is 1. The van der Waals surface area contributed by atoms with Crippen LogP contribution in [-0.2, 0) is 14.6 Å². The van der Waals surface area contributed by atoms with E-state index in [1.165, 1.54) is 6.92 Å². The number of anilines is 1. The van der Waals surface area contributed by atoms with Crippen molar-refractivity contribution in [1.29, 1.82) is 0 Å². The summed E-state index contributed by atoms with van der Waals surface area (Å²) in [6.07, 6.45) is 1.03. The standard InChI is InChI=1S/C12H15NO5S/c1-8(19(2,15)16)12(14)13-9-3-4-10-11(7-9)18-6-5-17-10/h3-4,7-8H,5-6H2,1-2H3,(H,13,14)/t8-/m1/s1. The first-order valence-corrected chi connectivity index (χ1v) is 7.73. The summed E-state index contributed by atoms with van der Waals surface area (Å²) < 4.78 is 33.3. The van der Waals surface area contributed by atoms with Crippen molar-refractivity contribution in [2.45, 2.75) is 12.2 Å². The predicted octanol–water partition coefficient (Wildman–Crippen LogP) is 0.829. The number of nitrogens with one attached hydrogen (secondary N) is 1. The van der Waals surface area contributed by atoms with Crippen molar-refractivity contribution in [3.8, 4) is 11.5 Å². The molecule has 0 aromatic heterocycles. The Balaban J connectivity index is 2.14. The highest BCUT2D eigenvalue weighted by Gasteiger charge is 2.24. The van der Waals surface area contributed by atoms with Crippen molar-refractivity contribution in [3.63, 3.8) is 0 Å². The Labute approximate surface area is 111 Å². The number of carbonyl (C=O) groups is 1. The molecule has 1 aliphatic heterocycles. The summed E-state index contributed by atoms with van der Waals surface area (Å²) >= 11 is 0. The second kappa shape index (κ2) is 5.08. The topological polar surface area (TPSA) is 81.7 Å². The number of benzene rings is 1. The Hall–Kier alpha value is -1.76. The maximum absolute atomic E-state index is 11.8. The predicted molar refractivity (Wildman–Crippen MR) is 70.4 cm³/mol. The Kier molecular flexibility index (Phi) is 3.66. The van der Waals surface area contributed by atoms with Crippen molar-refractivity contribution >= 4 is 21.4 Å². The van der Waals surface area contributed by atoms with Crippen LogP contribution in [0, 0.1) is 0 Å². The monoisotopic (exact) mass is 285 g/mol. The molecule has 104 valence electrons. The average Bonchev–Trinajstić information content (AvgIpc) is 2.36. The summed E-state index contributed by atoms with van der Waals surface area (Å²) in [7, 11) is -3.41. The van der Waals surface area contributed by atoms with Crippen molar-refractivity contribution in [2.75, 3.05) is 24.8 Å². The fourth-order valence-corrected chi connectivity index (χ4v) is 2.01. The van der Waals surface area contributed by atoms with Crippen LogP contribution in [0.2, 0.25) is 0 Å². The van der Waals surface area contributed by atoms with Crippen LogP contribution in [0.3, 0.4) is 0 Å². The van der Waals surface area contributed by atoms with Gasteiger partial charge in [0.25, 0.3) is 0 Å². The molecule has 1 aromatic carbocycles. The van der Waals surface area contributed by atoms with Crippen molar-refractivity contribution in [2.24, 2.45) is 0 Å². The number of carbonyl (C=O) groups excluding carboxylic acids is 1. The third kappa shape index (κ3) is 3.17. The van der Waals surface area contributed by atoms with E-state index in [2.05, 4.69) is 5.32 Å². The molecule has 0 fully saturated rings. The van der Waals surface area contributed by atoms with E-state index in [4.69, 9.17) is 9.47 Å². The molecule has 0 aliphatic carbocycles. The SMILES string of the molecule is C[C@H](C(=O)Nc1ccc2c(c1)OCCO2)S(C)(=O)=O. The lowest BCUT2D eigenvalue weighted by molar-refractivity contribution is -0.115. The molecule has 0 unspecified atom stereocenters. The number of ether oxygens (including phenoxy) is 2. The fraction of sp³-hybridized carbons (Fsp3) is 0.417. The highest BCUT2D eigenvalue weighted by molar-refractivity contribution is 7.92. The van der Waals surface area contributed by atoms with Gasteiger partial charge in [-0.05, 0) is 19.1 Å². The van der Waals surface area contributed by atoms with Gasteiger partial charge < -0.3 is 14.8 Å². The van der Waals surface area contributed by atoms with Crippen molar-refractivity contribution in [3.05, 3.63) is 18.2 Å². The number of sulfone groups is 1. The Morgan fingerprint density at radius 1 is 1.26 bits per heavy atom. The maximum Gasteiger partial charge on any atom is 0.242 e. The number of hydrogen-bond acceptors (Lipinski definition) is 5. The summed E-state index contributed by atoms with van der Waals surface area (Å²) in [6, 6.07) is 4.93. The van der Waals surface area contributed by atoms with Gasteiger partial charge in [0.05, 0.1) is 0 Å². The van der Waals surface area contributed by atoms with E-state index in [0.29, 0.717) is 30.4 Å². The Morgan fingerprint density at radius 3 is 2.53 bits per heavy atom. The molecule has 1 atom stereocenters. The number of rotatable bonds is 3. The molecule has 0 radical (unpaired) electrons. The van der Waals surface area contributed by atoms with Crippen LogP contribution in [0.1, 0.15) is 6.92 Å². The Bertz CT molecular complexity index is 596. The van der Waals surface area contributed by atoms with Crippen LogP contribution in [0.25, 0.3) is 0 Å². The normalized spacial score (nSPS) is 15.7. The third-order valence-electron chi connectivity index (χ3n) is 2.82. The smallest absolute Gasteiger partial charge is 0.242 e. The van der Waals surface area contributed by atoms with E-state index in [9.17, 15) is 13.2 Å². The van der Waals surface area contributed by atoms with E-state index < -0.39 is 21.0 Å². The van der Waals surface area contributed by atoms with Crippen LogP contribution in [0.15, 0.2) is 18.2 Å². The molecule has 1 aromatic rings. The van der Waals surface area contributed by atoms with E-state index >= 15 is 0 Å². The first-order chi connectivity index (χ1) is 8.88. The van der Waals surface area contributed by atoms with Gasteiger partial charge in [-0.25, -0.2) is 8.42 Å². The van der Waals surface area contributed by atoms with E-state index in [1.807, 2.05) is 0 Å². The van der Waals surface area contributed by atoms with Gasteiger partial charge in [-0.2, -0.15) is 0 Å². The lowest BCUT2D eigenvalue weighted by Gasteiger charge is -2.19. The molecule has 7 heteroatoms.